The van der Waals surface area contributed by atoms with Crippen LogP contribution in [0.3, 0.4) is 0 Å². The van der Waals surface area contributed by atoms with Gasteiger partial charge >= 0.3 is 0 Å². The number of nitrogens with zero attached hydrogens (tertiary/aromatic N) is 4. The molecule has 286 valence electrons. The van der Waals surface area contributed by atoms with Crippen LogP contribution in [0.15, 0.2) is 194 Å². The summed E-state index contributed by atoms with van der Waals surface area (Å²) < 4.78 is 4.74. The predicted octanol–water partition coefficient (Wildman–Crippen LogP) is 14.6. The van der Waals surface area contributed by atoms with Crippen molar-refractivity contribution < 1.29 is 0 Å². The molecule has 0 saturated heterocycles. The molecular formula is C57H38N4. The Labute approximate surface area is 352 Å². The van der Waals surface area contributed by atoms with Crippen LogP contribution in [0.1, 0.15) is 25.0 Å². The van der Waals surface area contributed by atoms with Gasteiger partial charge in [-0.3, -0.25) is 4.57 Å². The van der Waals surface area contributed by atoms with E-state index < -0.39 is 0 Å². The van der Waals surface area contributed by atoms with Gasteiger partial charge in [-0.2, -0.15) is 0 Å². The lowest BCUT2D eigenvalue weighted by Crippen LogP contribution is -2.15. The summed E-state index contributed by atoms with van der Waals surface area (Å²) in [6.07, 6.45) is 0. The molecule has 0 spiro atoms. The zero-order valence-electron chi connectivity index (χ0n) is 33.8. The highest BCUT2D eigenvalue weighted by atomic mass is 15.1. The lowest BCUT2D eigenvalue weighted by molar-refractivity contribution is 0.660. The second-order valence-corrected chi connectivity index (χ2v) is 17.0. The fourth-order valence-corrected chi connectivity index (χ4v) is 10.4. The standard InChI is InChI=1S/C57H38N4/c1-57(2)46-20-10-8-18-41(46)42-28-24-38(34-47(42)57)55-56(59-49-22-12-11-21-48(49)58-55)61-52-30-27-37(33-45(52)54-40-17-7-6-14-35(40)25-31-53(54)61)36-26-29-51-44(32-36)43-19-9-13-23-50(43)60(51)39-15-4-3-5-16-39/h3-34H,1-2H3. The summed E-state index contributed by atoms with van der Waals surface area (Å²) in [5, 5.41) is 7.30. The largest absolute Gasteiger partial charge is 0.309 e. The summed E-state index contributed by atoms with van der Waals surface area (Å²) in [4.78, 5) is 11.0. The van der Waals surface area contributed by atoms with Gasteiger partial charge in [0.1, 0.15) is 5.69 Å². The van der Waals surface area contributed by atoms with Crippen LogP contribution in [-0.4, -0.2) is 19.1 Å². The molecule has 4 nitrogen and oxygen atoms in total. The second-order valence-electron chi connectivity index (χ2n) is 17.0. The lowest BCUT2D eigenvalue weighted by Gasteiger charge is -2.22. The van der Waals surface area contributed by atoms with Crippen molar-refractivity contribution in [2.24, 2.45) is 0 Å². The normalized spacial score (nSPS) is 13.2. The number of benzene rings is 9. The Bertz CT molecular complexity index is 3790. The molecule has 1 aliphatic rings. The van der Waals surface area contributed by atoms with Gasteiger partial charge in [0.15, 0.2) is 5.82 Å². The maximum atomic E-state index is 5.51. The van der Waals surface area contributed by atoms with E-state index in [2.05, 4.69) is 211 Å². The summed E-state index contributed by atoms with van der Waals surface area (Å²) in [5.41, 5.74) is 16.9. The number of fused-ring (bicyclic) bond motifs is 12. The van der Waals surface area contributed by atoms with Crippen molar-refractivity contribution in [2.45, 2.75) is 19.3 Å². The topological polar surface area (TPSA) is 35.6 Å². The third kappa shape index (κ3) is 4.87. The van der Waals surface area contributed by atoms with Crippen molar-refractivity contribution in [3.05, 3.63) is 205 Å². The molecule has 0 N–H and O–H groups in total. The quantitative estimate of drug-likeness (QED) is 0.178. The number of rotatable bonds is 4. The maximum absolute atomic E-state index is 5.51. The maximum Gasteiger partial charge on any atom is 0.165 e. The lowest BCUT2D eigenvalue weighted by atomic mass is 9.82. The molecule has 0 aliphatic heterocycles. The highest BCUT2D eigenvalue weighted by molar-refractivity contribution is 6.22. The molecule has 3 aromatic heterocycles. The molecule has 0 amide bonds. The molecular weight excluding hydrogens is 741 g/mol. The summed E-state index contributed by atoms with van der Waals surface area (Å²) in [7, 11) is 0. The fraction of sp³-hybridized carbons (Fsp3) is 0.0526. The van der Waals surface area contributed by atoms with E-state index >= 15 is 0 Å². The summed E-state index contributed by atoms with van der Waals surface area (Å²) >= 11 is 0. The van der Waals surface area contributed by atoms with Crippen LogP contribution in [0.2, 0.25) is 0 Å². The molecule has 0 atom stereocenters. The predicted molar refractivity (Wildman–Crippen MR) is 254 cm³/mol. The average Bonchev–Trinajstić information content (AvgIpc) is 3.91. The smallest absolute Gasteiger partial charge is 0.165 e. The van der Waals surface area contributed by atoms with E-state index in [1.165, 1.54) is 76.7 Å². The van der Waals surface area contributed by atoms with Crippen LogP contribution in [0.25, 0.3) is 110 Å². The van der Waals surface area contributed by atoms with E-state index in [9.17, 15) is 0 Å². The van der Waals surface area contributed by atoms with Gasteiger partial charge in [-0.25, -0.2) is 9.97 Å². The summed E-state index contributed by atoms with van der Waals surface area (Å²) in [5.74, 6) is 0.824. The molecule has 12 aromatic rings. The molecule has 0 fully saturated rings. The molecule has 4 heteroatoms. The van der Waals surface area contributed by atoms with Crippen molar-refractivity contribution in [3.63, 3.8) is 0 Å². The highest BCUT2D eigenvalue weighted by Gasteiger charge is 2.35. The first-order valence-corrected chi connectivity index (χ1v) is 21.1. The summed E-state index contributed by atoms with van der Waals surface area (Å²) in [6, 6.07) is 70.5. The van der Waals surface area contributed by atoms with E-state index in [4.69, 9.17) is 9.97 Å². The minimum Gasteiger partial charge on any atom is -0.309 e. The van der Waals surface area contributed by atoms with E-state index in [-0.39, 0.29) is 5.41 Å². The zero-order valence-corrected chi connectivity index (χ0v) is 33.8. The number of hydrogen-bond donors (Lipinski definition) is 0. The van der Waals surface area contributed by atoms with Gasteiger partial charge in [-0.15, -0.1) is 0 Å². The van der Waals surface area contributed by atoms with Gasteiger partial charge in [0.2, 0.25) is 0 Å². The average molecular weight is 779 g/mol. The summed E-state index contributed by atoms with van der Waals surface area (Å²) in [6.45, 7) is 4.67. The van der Waals surface area contributed by atoms with Crippen LogP contribution < -0.4 is 0 Å². The van der Waals surface area contributed by atoms with Gasteiger partial charge < -0.3 is 4.57 Å². The molecule has 0 unspecified atom stereocenters. The second kappa shape index (κ2) is 12.6. The van der Waals surface area contributed by atoms with Gasteiger partial charge in [-0.05, 0) is 111 Å². The van der Waals surface area contributed by atoms with Crippen LogP contribution in [0.5, 0.6) is 0 Å². The Morgan fingerprint density at radius 1 is 0.393 bits per heavy atom. The van der Waals surface area contributed by atoms with E-state index in [0.29, 0.717) is 0 Å². The first kappa shape index (κ1) is 34.1. The van der Waals surface area contributed by atoms with E-state index in [0.717, 1.165) is 44.8 Å². The molecule has 1 aliphatic carbocycles. The van der Waals surface area contributed by atoms with Gasteiger partial charge in [0.25, 0.3) is 0 Å². The molecule has 0 saturated carbocycles. The van der Waals surface area contributed by atoms with Crippen LogP contribution in [0, 0.1) is 0 Å². The Morgan fingerprint density at radius 2 is 1.00 bits per heavy atom. The van der Waals surface area contributed by atoms with Crippen molar-refractivity contribution in [3.8, 4) is 45.0 Å². The molecule has 3 heterocycles. The van der Waals surface area contributed by atoms with Gasteiger partial charge in [0, 0.05) is 38.2 Å². The number of hydrogen-bond acceptors (Lipinski definition) is 2. The van der Waals surface area contributed by atoms with Crippen molar-refractivity contribution >= 4 is 65.4 Å². The molecule has 0 bridgehead atoms. The Balaban J connectivity index is 1.06. The highest BCUT2D eigenvalue weighted by Crippen LogP contribution is 2.50. The third-order valence-electron chi connectivity index (χ3n) is 13.3. The van der Waals surface area contributed by atoms with E-state index in [1.807, 2.05) is 6.07 Å². The molecule has 9 aromatic carbocycles. The Kier molecular flexibility index (Phi) is 7.04. The SMILES string of the molecule is CC1(C)c2ccccc2-c2ccc(-c3nc4ccccc4nc3-n3c4ccc(-c5ccc6c(c5)c5ccccc5n6-c5ccccc5)cc4c4c5ccccc5ccc43)cc21. The zero-order chi connectivity index (χ0) is 40.4. The van der Waals surface area contributed by atoms with Crippen LogP contribution >= 0.6 is 0 Å². The minimum absolute atomic E-state index is 0.145. The molecule has 61 heavy (non-hydrogen) atoms. The number of para-hydroxylation sites is 4. The fourth-order valence-electron chi connectivity index (χ4n) is 10.4. The number of aromatic nitrogens is 4. The van der Waals surface area contributed by atoms with Crippen LogP contribution in [-0.2, 0) is 5.41 Å². The van der Waals surface area contributed by atoms with Gasteiger partial charge in [0.05, 0.1) is 33.1 Å². The first-order chi connectivity index (χ1) is 30.0. The monoisotopic (exact) mass is 778 g/mol. The third-order valence-corrected chi connectivity index (χ3v) is 13.3. The van der Waals surface area contributed by atoms with Crippen molar-refractivity contribution in [2.75, 3.05) is 0 Å². The van der Waals surface area contributed by atoms with Crippen LogP contribution in [0.4, 0.5) is 0 Å². The minimum atomic E-state index is -0.145. The first-order valence-electron chi connectivity index (χ1n) is 21.1. The molecule has 0 radical (unpaired) electrons. The van der Waals surface area contributed by atoms with Gasteiger partial charge in [-0.1, -0.05) is 141 Å². The Morgan fingerprint density at radius 3 is 1.84 bits per heavy atom. The molecule has 13 rings (SSSR count). The Hall–Kier alpha value is -7.82. The van der Waals surface area contributed by atoms with Crippen molar-refractivity contribution in [1.82, 2.24) is 19.1 Å². The van der Waals surface area contributed by atoms with Crippen molar-refractivity contribution in [1.29, 1.82) is 0 Å². The van der Waals surface area contributed by atoms with E-state index in [1.54, 1.807) is 0 Å².